The van der Waals surface area contributed by atoms with E-state index in [0.29, 0.717) is 46.9 Å². The minimum absolute atomic E-state index is 0.194. The number of hydrogen-bond acceptors (Lipinski definition) is 5. The first kappa shape index (κ1) is 31.7. The number of carboxylic acids is 1. The summed E-state index contributed by atoms with van der Waals surface area (Å²) in [5.41, 5.74) is 0.735. The third-order valence-electron chi connectivity index (χ3n) is 8.48. The summed E-state index contributed by atoms with van der Waals surface area (Å²) in [5.74, 6) is -3.82. The van der Waals surface area contributed by atoms with Crippen molar-refractivity contribution in [1.82, 2.24) is 4.90 Å². The minimum Gasteiger partial charge on any atom is -0.481 e. The first-order valence-corrected chi connectivity index (χ1v) is 16.9. The number of anilines is 1. The maximum Gasteiger partial charge on any atom is 0.306 e. The molecule has 1 amide bonds. The third-order valence-corrected chi connectivity index (χ3v) is 11.2. The Morgan fingerprint density at radius 2 is 1.69 bits per heavy atom. The zero-order chi connectivity index (χ0) is 32.0. The largest absolute Gasteiger partial charge is 0.481 e. The number of carbonyl (C=O) groups is 2. The van der Waals surface area contributed by atoms with E-state index in [1.54, 1.807) is 48.5 Å². The van der Waals surface area contributed by atoms with Crippen LogP contribution < -0.4 is 4.31 Å². The molecule has 1 saturated heterocycles. The first-order chi connectivity index (χ1) is 21.4. The van der Waals surface area contributed by atoms with Gasteiger partial charge in [-0.25, -0.2) is 17.2 Å². The Morgan fingerprint density at radius 1 is 0.978 bits per heavy atom. The fourth-order valence-corrected chi connectivity index (χ4v) is 8.23. The molecule has 1 N–H and O–H groups in total. The van der Waals surface area contributed by atoms with Crippen molar-refractivity contribution in [3.8, 4) is 0 Å². The number of nitrogens with zero attached hydrogens (tertiary/aromatic N) is 2. The molecule has 2 saturated carbocycles. The molecule has 1 aliphatic heterocycles. The van der Waals surface area contributed by atoms with E-state index in [1.807, 2.05) is 0 Å². The molecular formula is C32H30Cl2F2N2O6S. The normalized spacial score (nSPS) is 22.7. The Labute approximate surface area is 269 Å². The van der Waals surface area contributed by atoms with E-state index >= 15 is 4.39 Å². The number of hydrogen-bond donors (Lipinski definition) is 1. The van der Waals surface area contributed by atoms with Crippen LogP contribution in [0.1, 0.15) is 55.4 Å². The fraction of sp³-hybridized carbons (Fsp3) is 0.375. The fourth-order valence-electron chi connectivity index (χ4n) is 6.04. The van der Waals surface area contributed by atoms with Gasteiger partial charge in [0.25, 0.3) is 5.91 Å². The van der Waals surface area contributed by atoms with Gasteiger partial charge in [0.2, 0.25) is 10.0 Å². The van der Waals surface area contributed by atoms with Gasteiger partial charge in [-0.15, -0.1) is 0 Å². The zero-order valence-corrected chi connectivity index (χ0v) is 26.2. The first-order valence-electron chi connectivity index (χ1n) is 14.6. The molecule has 8 nitrogen and oxygen atoms in total. The second-order valence-corrected chi connectivity index (χ2v) is 14.7. The summed E-state index contributed by atoms with van der Waals surface area (Å²) in [7, 11) is -4.14. The molecule has 45 heavy (non-hydrogen) atoms. The lowest BCUT2D eigenvalue weighted by Gasteiger charge is -2.49. The van der Waals surface area contributed by atoms with E-state index in [4.69, 9.17) is 27.9 Å². The quantitative estimate of drug-likeness (QED) is 0.247. The molecule has 0 spiro atoms. The van der Waals surface area contributed by atoms with Crippen molar-refractivity contribution < 1.29 is 36.6 Å². The second kappa shape index (κ2) is 12.5. The van der Waals surface area contributed by atoms with Crippen molar-refractivity contribution in [1.29, 1.82) is 0 Å². The molecule has 3 fully saturated rings. The van der Waals surface area contributed by atoms with Gasteiger partial charge < -0.3 is 14.7 Å². The molecule has 1 heterocycles. The van der Waals surface area contributed by atoms with Gasteiger partial charge >= 0.3 is 5.97 Å². The number of carboxylic acid groups (broad SMARTS) is 1. The van der Waals surface area contributed by atoms with Crippen LogP contribution in [0.3, 0.4) is 0 Å². The van der Waals surface area contributed by atoms with Crippen LogP contribution in [-0.4, -0.2) is 54.2 Å². The maximum atomic E-state index is 15.3. The molecule has 3 aromatic carbocycles. The zero-order valence-electron chi connectivity index (χ0n) is 23.9. The Hall–Kier alpha value is -3.25. The van der Waals surface area contributed by atoms with Gasteiger partial charge in [0, 0.05) is 16.1 Å². The summed E-state index contributed by atoms with van der Waals surface area (Å²) in [5, 5.41) is 9.80. The summed E-state index contributed by atoms with van der Waals surface area (Å²) >= 11 is 12.6. The number of aliphatic carboxylic acids is 1. The number of amides is 1. The number of morpholine rings is 1. The van der Waals surface area contributed by atoms with E-state index in [-0.39, 0.29) is 12.5 Å². The summed E-state index contributed by atoms with van der Waals surface area (Å²) in [6.07, 6.45) is -0.895. The van der Waals surface area contributed by atoms with E-state index < -0.39 is 75.2 Å². The van der Waals surface area contributed by atoms with Crippen LogP contribution in [0.15, 0.2) is 66.7 Å². The van der Waals surface area contributed by atoms with Crippen LogP contribution in [0.5, 0.6) is 0 Å². The summed E-state index contributed by atoms with van der Waals surface area (Å²) in [6.45, 7) is -0.359. The molecule has 238 valence electrons. The van der Waals surface area contributed by atoms with Crippen LogP contribution in [-0.2, 0) is 24.3 Å². The van der Waals surface area contributed by atoms with Gasteiger partial charge in [-0.3, -0.25) is 13.9 Å². The summed E-state index contributed by atoms with van der Waals surface area (Å²) < 4.78 is 64.5. The minimum atomic E-state index is -4.14. The average molecular weight is 680 g/mol. The SMILES string of the molecule is O=C(O)CC1OC(c2cccc(Cl)c2)C(c2ccc(Cl)cc2)N(C(CN(c2cc(F)ccc2F)S(=O)(=O)C2CC2)C2CC2)C1=O. The molecule has 0 aromatic heterocycles. The van der Waals surface area contributed by atoms with Crippen LogP contribution in [0.2, 0.25) is 10.0 Å². The van der Waals surface area contributed by atoms with Gasteiger partial charge in [-0.05, 0) is 79.1 Å². The molecule has 4 atom stereocenters. The van der Waals surface area contributed by atoms with Crippen LogP contribution >= 0.6 is 23.2 Å². The summed E-state index contributed by atoms with van der Waals surface area (Å²) in [6, 6.07) is 14.5. The van der Waals surface area contributed by atoms with Gasteiger partial charge in [-0.2, -0.15) is 0 Å². The van der Waals surface area contributed by atoms with Crippen molar-refractivity contribution in [2.75, 3.05) is 10.8 Å². The lowest BCUT2D eigenvalue weighted by Crippen LogP contribution is -2.59. The second-order valence-electron chi connectivity index (χ2n) is 11.7. The Morgan fingerprint density at radius 3 is 2.31 bits per heavy atom. The van der Waals surface area contributed by atoms with Gasteiger partial charge in [0.05, 0.1) is 36.0 Å². The van der Waals surface area contributed by atoms with Crippen LogP contribution in [0.4, 0.5) is 14.5 Å². The molecule has 13 heteroatoms. The molecular weight excluding hydrogens is 649 g/mol. The van der Waals surface area contributed by atoms with Crippen LogP contribution in [0, 0.1) is 17.6 Å². The van der Waals surface area contributed by atoms with Crippen molar-refractivity contribution in [2.45, 2.75) is 61.6 Å². The average Bonchev–Trinajstić information content (AvgIpc) is 3.90. The summed E-state index contributed by atoms with van der Waals surface area (Å²) in [4.78, 5) is 27.8. The predicted molar refractivity (Wildman–Crippen MR) is 165 cm³/mol. The highest BCUT2D eigenvalue weighted by Gasteiger charge is 2.52. The number of sulfonamides is 1. The maximum absolute atomic E-state index is 15.3. The standard InChI is InChI=1S/C32H30Cl2F2N2O6S/c33-21-8-6-19(7-9-21)30-31(20-2-1-3-22(34)14-20)44-28(16-29(39)40)32(41)38(30)27(18-4-5-18)17-37(45(42,43)24-11-12-24)26-15-23(35)10-13-25(26)36/h1-3,6-10,13-15,18,24,27-28,30-31H,4-5,11-12,16-17H2,(H,39,40). The van der Waals surface area contributed by atoms with E-state index in [9.17, 15) is 27.5 Å². The monoisotopic (exact) mass is 678 g/mol. The smallest absolute Gasteiger partial charge is 0.306 e. The Kier molecular flexibility index (Phi) is 8.82. The van der Waals surface area contributed by atoms with E-state index in [1.165, 1.54) is 4.90 Å². The van der Waals surface area contributed by atoms with Crippen molar-refractivity contribution in [3.05, 3.63) is 99.5 Å². The predicted octanol–water partition coefficient (Wildman–Crippen LogP) is 6.53. The molecule has 3 aromatic rings. The van der Waals surface area contributed by atoms with Gasteiger partial charge in [0.1, 0.15) is 23.8 Å². The van der Waals surface area contributed by atoms with E-state index in [0.717, 1.165) is 22.5 Å². The van der Waals surface area contributed by atoms with Gasteiger partial charge in [-0.1, -0.05) is 47.5 Å². The molecule has 3 aliphatic rings. The third kappa shape index (κ3) is 6.67. The number of benzene rings is 3. The van der Waals surface area contributed by atoms with Crippen LogP contribution in [0.25, 0.3) is 0 Å². The highest BCUT2D eigenvalue weighted by Crippen LogP contribution is 2.49. The lowest BCUT2D eigenvalue weighted by molar-refractivity contribution is -0.183. The van der Waals surface area contributed by atoms with Crippen molar-refractivity contribution >= 4 is 50.8 Å². The van der Waals surface area contributed by atoms with Crippen molar-refractivity contribution in [3.63, 3.8) is 0 Å². The Balaban J connectivity index is 1.51. The highest BCUT2D eigenvalue weighted by atomic mass is 35.5. The number of rotatable bonds is 11. The van der Waals surface area contributed by atoms with E-state index in [2.05, 4.69) is 0 Å². The highest BCUT2D eigenvalue weighted by molar-refractivity contribution is 7.93. The number of halogens is 4. The topological polar surface area (TPSA) is 104 Å². The van der Waals surface area contributed by atoms with Gasteiger partial charge in [0.15, 0.2) is 0 Å². The molecule has 0 radical (unpaired) electrons. The molecule has 0 bridgehead atoms. The Bertz CT molecular complexity index is 1720. The molecule has 2 aliphatic carbocycles. The van der Waals surface area contributed by atoms with Crippen molar-refractivity contribution in [2.24, 2.45) is 5.92 Å². The number of ether oxygens (including phenoxy) is 1. The lowest BCUT2D eigenvalue weighted by atomic mass is 9.89. The number of carbonyl (C=O) groups excluding carboxylic acids is 1. The molecule has 4 unspecified atom stereocenters. The molecule has 6 rings (SSSR count).